The molecule has 8 nitrogen and oxygen atoms in total. The van der Waals surface area contributed by atoms with Gasteiger partial charge in [0.05, 0.1) is 18.8 Å². The van der Waals surface area contributed by atoms with E-state index in [1.54, 1.807) is 0 Å². The molecule has 0 spiro atoms. The molecule has 186 valence electrons. The summed E-state index contributed by atoms with van der Waals surface area (Å²) >= 11 is 0. The summed E-state index contributed by atoms with van der Waals surface area (Å²) in [5, 5.41) is 2.53. The molecule has 0 bridgehead atoms. The zero-order valence-corrected chi connectivity index (χ0v) is 18.8. The van der Waals surface area contributed by atoms with E-state index in [4.69, 9.17) is 10.5 Å². The number of halogens is 4. The summed E-state index contributed by atoms with van der Waals surface area (Å²) in [4.78, 5) is 27.5. The molecule has 0 aliphatic carbocycles. The molecule has 12 heteroatoms. The molecular formula is C21H30F4N4O4. The van der Waals surface area contributed by atoms with Gasteiger partial charge in [0, 0.05) is 31.4 Å². The third-order valence-electron chi connectivity index (χ3n) is 4.74. The number of anilines is 2. The molecule has 3 N–H and O–H groups in total. The summed E-state index contributed by atoms with van der Waals surface area (Å²) in [5.41, 5.74) is 5.54. The van der Waals surface area contributed by atoms with Crippen LogP contribution < -0.4 is 20.7 Å². The van der Waals surface area contributed by atoms with Crippen molar-refractivity contribution in [2.24, 2.45) is 11.1 Å². The zero-order chi connectivity index (χ0) is 24.8. The second-order valence-corrected chi connectivity index (χ2v) is 8.78. The van der Waals surface area contributed by atoms with Crippen LogP contribution in [0.3, 0.4) is 0 Å². The molecule has 1 aliphatic rings. The van der Waals surface area contributed by atoms with E-state index in [1.165, 1.54) is 21.9 Å². The lowest BCUT2D eigenvalue weighted by Crippen LogP contribution is -2.52. The number of nitrogens with one attached hydrogen (secondary N) is 1. The summed E-state index contributed by atoms with van der Waals surface area (Å²) in [6.07, 6.45) is -2.68. The first kappa shape index (κ1) is 26.8. The maximum atomic E-state index is 13.1. The maximum Gasteiger partial charge on any atom is 0.387 e. The Morgan fingerprint density at radius 3 is 2.55 bits per heavy atom. The lowest BCUT2D eigenvalue weighted by atomic mass is 9.95. The van der Waals surface area contributed by atoms with Crippen LogP contribution in [0.1, 0.15) is 20.8 Å². The average Bonchev–Trinajstić information content (AvgIpc) is 2.67. The van der Waals surface area contributed by atoms with Gasteiger partial charge in [-0.3, -0.25) is 14.5 Å². The van der Waals surface area contributed by atoms with Crippen LogP contribution >= 0.6 is 0 Å². The number of carbonyl (C=O) groups is 2. The van der Waals surface area contributed by atoms with Crippen molar-refractivity contribution < 1.29 is 36.6 Å². The Morgan fingerprint density at radius 2 is 2.00 bits per heavy atom. The molecular weight excluding hydrogens is 448 g/mol. The molecule has 1 aliphatic heterocycles. The van der Waals surface area contributed by atoms with Crippen LogP contribution in [0.5, 0.6) is 5.75 Å². The highest BCUT2D eigenvalue weighted by atomic mass is 19.3. The smallest absolute Gasteiger partial charge is 0.387 e. The Balaban J connectivity index is 2.27. The monoisotopic (exact) mass is 478 g/mol. The fourth-order valence-electron chi connectivity index (χ4n) is 3.51. The maximum absolute atomic E-state index is 13.1. The van der Waals surface area contributed by atoms with Crippen molar-refractivity contribution in [3.05, 3.63) is 18.2 Å². The van der Waals surface area contributed by atoms with E-state index in [9.17, 15) is 27.2 Å². The van der Waals surface area contributed by atoms with Gasteiger partial charge < -0.3 is 25.4 Å². The molecule has 1 atom stereocenters. The molecule has 2 amide bonds. The van der Waals surface area contributed by atoms with Crippen molar-refractivity contribution in [3.8, 4) is 5.75 Å². The zero-order valence-electron chi connectivity index (χ0n) is 18.8. The van der Waals surface area contributed by atoms with Crippen molar-refractivity contribution >= 4 is 23.2 Å². The predicted molar refractivity (Wildman–Crippen MR) is 115 cm³/mol. The second-order valence-electron chi connectivity index (χ2n) is 8.78. The number of hydrogen-bond acceptors (Lipinski definition) is 6. The number of ether oxygens (including phenoxy) is 2. The van der Waals surface area contributed by atoms with Gasteiger partial charge >= 0.3 is 6.61 Å². The van der Waals surface area contributed by atoms with Gasteiger partial charge in [-0.05, 0) is 17.5 Å². The number of benzene rings is 1. The first-order chi connectivity index (χ1) is 15.4. The fraction of sp³-hybridized carbons (Fsp3) is 0.619. The fourth-order valence-corrected chi connectivity index (χ4v) is 3.51. The van der Waals surface area contributed by atoms with Crippen LogP contribution in [0.4, 0.5) is 28.9 Å². The van der Waals surface area contributed by atoms with Crippen LogP contribution in [-0.2, 0) is 14.3 Å². The van der Waals surface area contributed by atoms with Gasteiger partial charge in [0.2, 0.25) is 5.91 Å². The van der Waals surface area contributed by atoms with Crippen LogP contribution in [0.15, 0.2) is 18.2 Å². The van der Waals surface area contributed by atoms with Crippen molar-refractivity contribution in [1.82, 2.24) is 4.90 Å². The Labute approximate surface area is 190 Å². The molecule has 0 unspecified atom stereocenters. The highest BCUT2D eigenvalue weighted by molar-refractivity contribution is 5.98. The lowest BCUT2D eigenvalue weighted by Gasteiger charge is -2.34. The van der Waals surface area contributed by atoms with E-state index in [0.717, 1.165) is 6.07 Å². The largest absolute Gasteiger partial charge is 0.433 e. The highest BCUT2D eigenvalue weighted by Crippen LogP contribution is 2.33. The van der Waals surface area contributed by atoms with E-state index in [0.29, 0.717) is 0 Å². The normalized spacial score (nSPS) is 16.0. The number of amides is 2. The van der Waals surface area contributed by atoms with Crippen LogP contribution in [-0.4, -0.2) is 75.2 Å². The van der Waals surface area contributed by atoms with Gasteiger partial charge in [-0.15, -0.1) is 0 Å². The Bertz CT molecular complexity index is 820. The van der Waals surface area contributed by atoms with Crippen LogP contribution in [0.25, 0.3) is 0 Å². The summed E-state index contributed by atoms with van der Waals surface area (Å²) in [7, 11) is 0. The highest BCUT2D eigenvalue weighted by Gasteiger charge is 2.31. The van der Waals surface area contributed by atoms with Gasteiger partial charge in [-0.1, -0.05) is 20.8 Å². The summed E-state index contributed by atoms with van der Waals surface area (Å²) < 4.78 is 61.9. The Hall–Kier alpha value is -2.44. The molecule has 1 fully saturated rings. The van der Waals surface area contributed by atoms with Gasteiger partial charge in [-0.2, -0.15) is 8.78 Å². The molecule has 1 saturated heterocycles. The molecule has 1 heterocycles. The lowest BCUT2D eigenvalue weighted by molar-refractivity contribution is -0.126. The SMILES string of the molecule is CC(C)(C)CN(CC(F)F)[C@@H](CN)C(=O)Nc1ccc(N2CCOCC2=O)c(OC(F)F)c1. The van der Waals surface area contributed by atoms with Crippen molar-refractivity contribution in [2.45, 2.75) is 39.9 Å². The summed E-state index contributed by atoms with van der Waals surface area (Å²) in [6, 6.07) is 2.85. The minimum absolute atomic E-state index is 0.0892. The van der Waals surface area contributed by atoms with E-state index in [2.05, 4.69) is 10.1 Å². The van der Waals surface area contributed by atoms with E-state index >= 15 is 0 Å². The number of hydrogen-bond donors (Lipinski definition) is 2. The standard InChI is InChI=1S/C21H30F4N4O4/c1-21(2,3)12-28(10-17(22)23)15(9-26)19(31)27-13-4-5-14(16(8-13)33-20(24)25)29-6-7-32-11-18(29)30/h4-5,8,15,17,20H,6-7,9-12,26H2,1-3H3,(H,27,31)/t15-/m0/s1. The first-order valence-corrected chi connectivity index (χ1v) is 10.4. The van der Waals surface area contributed by atoms with Crippen molar-refractivity contribution in [3.63, 3.8) is 0 Å². The van der Waals surface area contributed by atoms with E-state index < -0.39 is 37.4 Å². The third kappa shape index (κ3) is 8.13. The molecule has 1 aromatic carbocycles. The first-order valence-electron chi connectivity index (χ1n) is 10.4. The minimum Gasteiger partial charge on any atom is -0.433 e. The topological polar surface area (TPSA) is 97.1 Å². The number of nitrogens with zero attached hydrogens (tertiary/aromatic N) is 2. The van der Waals surface area contributed by atoms with Gasteiger partial charge in [0.25, 0.3) is 12.3 Å². The summed E-state index contributed by atoms with van der Waals surface area (Å²) in [6.45, 7) is 1.85. The predicted octanol–water partition coefficient (Wildman–Crippen LogP) is 2.53. The number of nitrogens with two attached hydrogens (primary N) is 1. The quantitative estimate of drug-likeness (QED) is 0.502. The van der Waals surface area contributed by atoms with Crippen molar-refractivity contribution in [1.29, 1.82) is 0 Å². The van der Waals surface area contributed by atoms with Gasteiger partial charge in [0.15, 0.2) is 5.75 Å². The second kappa shape index (κ2) is 11.6. The third-order valence-corrected chi connectivity index (χ3v) is 4.74. The van der Waals surface area contributed by atoms with E-state index in [1.807, 2.05) is 20.8 Å². The van der Waals surface area contributed by atoms with E-state index in [-0.39, 0.29) is 55.4 Å². The van der Waals surface area contributed by atoms with Gasteiger partial charge in [0.1, 0.15) is 12.6 Å². The number of rotatable bonds is 10. The van der Waals surface area contributed by atoms with Crippen molar-refractivity contribution in [2.75, 3.05) is 49.6 Å². The van der Waals surface area contributed by atoms with Crippen LogP contribution in [0.2, 0.25) is 0 Å². The molecule has 2 rings (SSSR count). The van der Waals surface area contributed by atoms with Gasteiger partial charge in [-0.25, -0.2) is 8.78 Å². The molecule has 33 heavy (non-hydrogen) atoms. The molecule has 1 aromatic rings. The number of morpholine rings is 1. The number of carbonyl (C=O) groups excluding carboxylic acids is 2. The Kier molecular flexibility index (Phi) is 9.44. The molecule has 0 aromatic heterocycles. The molecule has 0 radical (unpaired) electrons. The minimum atomic E-state index is -3.17. The summed E-state index contributed by atoms with van der Waals surface area (Å²) in [5.74, 6) is -1.41. The Morgan fingerprint density at radius 1 is 1.30 bits per heavy atom. The average molecular weight is 478 g/mol. The number of alkyl halides is 4. The van der Waals surface area contributed by atoms with Crippen LogP contribution in [0, 0.1) is 5.41 Å². The molecule has 0 saturated carbocycles.